The Morgan fingerprint density at radius 2 is 2.24 bits per heavy atom. The molecule has 3 heterocycles. The Bertz CT molecular complexity index is 761. The summed E-state index contributed by atoms with van der Waals surface area (Å²) in [5.74, 6) is 1.41. The van der Waals surface area contributed by atoms with E-state index in [4.69, 9.17) is 4.52 Å². The molecular weight excluding hydrogens is 320 g/mol. The molecule has 7 nitrogen and oxygen atoms in total. The minimum Gasteiger partial charge on any atom is -0.386 e. The van der Waals surface area contributed by atoms with Crippen LogP contribution in [0, 0.1) is 0 Å². The Kier molecular flexibility index (Phi) is 4.17. The van der Waals surface area contributed by atoms with Crippen LogP contribution in [0.2, 0.25) is 0 Å². The average Bonchev–Trinajstić information content (AvgIpc) is 3.25. The van der Waals surface area contributed by atoms with Crippen LogP contribution in [-0.2, 0) is 12.8 Å². The van der Waals surface area contributed by atoms with Gasteiger partial charge in [-0.05, 0) is 37.8 Å². The summed E-state index contributed by atoms with van der Waals surface area (Å²) < 4.78 is 5.29. The van der Waals surface area contributed by atoms with E-state index in [1.54, 1.807) is 6.20 Å². The molecule has 2 aromatic rings. The monoisotopic (exact) mass is 342 g/mol. The van der Waals surface area contributed by atoms with Gasteiger partial charge in [0.25, 0.3) is 5.91 Å². The molecule has 1 fully saturated rings. The first-order chi connectivity index (χ1) is 12.1. The smallest absolute Gasteiger partial charge is 0.273 e. The average molecular weight is 342 g/mol. The number of pyridine rings is 1. The first-order valence-corrected chi connectivity index (χ1v) is 8.79. The number of nitrogens with zero attached hydrogens (tertiary/aromatic N) is 3. The number of amides is 1. The van der Waals surface area contributed by atoms with Crippen LogP contribution in [-0.4, -0.2) is 46.4 Å². The van der Waals surface area contributed by atoms with Gasteiger partial charge in [-0.2, -0.15) is 0 Å². The maximum atomic E-state index is 12.5. The number of nitrogens with one attached hydrogen (secondary N) is 1. The van der Waals surface area contributed by atoms with Crippen molar-refractivity contribution in [3.63, 3.8) is 0 Å². The van der Waals surface area contributed by atoms with Crippen LogP contribution in [0.15, 0.2) is 28.9 Å². The van der Waals surface area contributed by atoms with Crippen molar-refractivity contribution in [2.24, 2.45) is 0 Å². The molecule has 1 atom stereocenters. The summed E-state index contributed by atoms with van der Waals surface area (Å²) in [4.78, 5) is 18.8. The molecule has 7 heteroatoms. The highest BCUT2D eigenvalue weighted by Gasteiger charge is 2.37. The second kappa shape index (κ2) is 6.48. The molecule has 0 aromatic carbocycles. The minimum atomic E-state index is -0.961. The number of fused-ring (bicyclic) bond motifs is 1. The predicted molar refractivity (Wildman–Crippen MR) is 91.5 cm³/mol. The largest absolute Gasteiger partial charge is 0.386 e. The van der Waals surface area contributed by atoms with Crippen LogP contribution in [0.25, 0.3) is 0 Å². The number of carbonyl (C=O) groups is 1. The summed E-state index contributed by atoms with van der Waals surface area (Å²) in [6.07, 6.45) is 6.13. The van der Waals surface area contributed by atoms with Gasteiger partial charge in [-0.15, -0.1) is 0 Å². The molecule has 0 bridgehead atoms. The van der Waals surface area contributed by atoms with Gasteiger partial charge in [0.2, 0.25) is 0 Å². The zero-order valence-corrected chi connectivity index (χ0v) is 14.1. The maximum Gasteiger partial charge on any atom is 0.273 e. The summed E-state index contributed by atoms with van der Waals surface area (Å²) in [6.45, 7) is 1.35. The van der Waals surface area contributed by atoms with Crippen molar-refractivity contribution in [3.05, 3.63) is 41.4 Å². The summed E-state index contributed by atoms with van der Waals surface area (Å²) in [7, 11) is 0. The number of aromatic nitrogens is 2. The van der Waals surface area contributed by atoms with Crippen molar-refractivity contribution in [3.8, 4) is 0 Å². The van der Waals surface area contributed by atoms with Crippen molar-refractivity contribution in [2.75, 3.05) is 24.5 Å². The van der Waals surface area contributed by atoms with Gasteiger partial charge >= 0.3 is 0 Å². The van der Waals surface area contributed by atoms with Crippen molar-refractivity contribution in [1.29, 1.82) is 0 Å². The summed E-state index contributed by atoms with van der Waals surface area (Å²) in [5.41, 5.74) is 0.340. The Hall–Kier alpha value is -2.41. The molecule has 1 amide bonds. The topological polar surface area (TPSA) is 91.5 Å². The Labute approximate surface area is 146 Å². The maximum absolute atomic E-state index is 12.5. The first kappa shape index (κ1) is 16.1. The van der Waals surface area contributed by atoms with Gasteiger partial charge in [-0.25, -0.2) is 4.98 Å². The molecule has 1 aliphatic carbocycles. The van der Waals surface area contributed by atoms with Gasteiger partial charge in [0.15, 0.2) is 5.69 Å². The van der Waals surface area contributed by atoms with E-state index in [9.17, 15) is 9.90 Å². The van der Waals surface area contributed by atoms with Crippen LogP contribution < -0.4 is 10.2 Å². The molecule has 0 radical (unpaired) electrons. The number of anilines is 1. The number of carbonyl (C=O) groups excluding carboxylic acids is 1. The molecule has 132 valence electrons. The summed E-state index contributed by atoms with van der Waals surface area (Å²) in [6, 6.07) is 5.71. The van der Waals surface area contributed by atoms with Crippen molar-refractivity contribution in [1.82, 2.24) is 15.5 Å². The molecule has 2 aliphatic rings. The lowest BCUT2D eigenvalue weighted by molar-refractivity contribution is 0.0572. The zero-order chi connectivity index (χ0) is 17.3. The van der Waals surface area contributed by atoms with E-state index in [-0.39, 0.29) is 12.5 Å². The summed E-state index contributed by atoms with van der Waals surface area (Å²) >= 11 is 0. The van der Waals surface area contributed by atoms with Crippen molar-refractivity contribution >= 4 is 11.7 Å². The fourth-order valence-corrected chi connectivity index (χ4v) is 3.63. The standard InChI is InChI=1S/C18H22N4O3/c23-17(16-13-5-1-2-6-14(13)25-21-16)20-11-18(24)8-10-22(12-18)15-7-3-4-9-19-15/h3-4,7,9,24H,1-2,5-6,8,10-12H2,(H,20,23)/t18-/m1/s1. The highest BCUT2D eigenvalue weighted by Crippen LogP contribution is 2.26. The quantitative estimate of drug-likeness (QED) is 0.871. The van der Waals surface area contributed by atoms with E-state index in [1.165, 1.54) is 0 Å². The van der Waals surface area contributed by atoms with Gasteiger partial charge in [-0.3, -0.25) is 4.79 Å². The molecular formula is C18H22N4O3. The number of hydrogen-bond donors (Lipinski definition) is 2. The van der Waals surface area contributed by atoms with E-state index in [2.05, 4.69) is 15.5 Å². The van der Waals surface area contributed by atoms with Crippen LogP contribution in [0.4, 0.5) is 5.82 Å². The van der Waals surface area contributed by atoms with E-state index >= 15 is 0 Å². The number of hydrogen-bond acceptors (Lipinski definition) is 6. The number of aliphatic hydroxyl groups is 1. The van der Waals surface area contributed by atoms with Gasteiger partial charge in [-0.1, -0.05) is 11.2 Å². The zero-order valence-electron chi connectivity index (χ0n) is 14.1. The van der Waals surface area contributed by atoms with E-state index in [0.717, 1.165) is 42.8 Å². The lowest BCUT2D eigenvalue weighted by Gasteiger charge is -2.24. The molecule has 2 aromatic heterocycles. The highest BCUT2D eigenvalue weighted by atomic mass is 16.5. The van der Waals surface area contributed by atoms with Crippen LogP contribution >= 0.6 is 0 Å². The van der Waals surface area contributed by atoms with Gasteiger partial charge in [0.1, 0.15) is 17.2 Å². The van der Waals surface area contributed by atoms with E-state index in [1.807, 2.05) is 23.1 Å². The Morgan fingerprint density at radius 1 is 1.36 bits per heavy atom. The van der Waals surface area contributed by atoms with Gasteiger partial charge < -0.3 is 19.8 Å². The van der Waals surface area contributed by atoms with Crippen LogP contribution in [0.1, 0.15) is 41.1 Å². The van der Waals surface area contributed by atoms with Crippen LogP contribution in [0.5, 0.6) is 0 Å². The normalized spacial score (nSPS) is 22.7. The first-order valence-electron chi connectivity index (χ1n) is 8.79. The molecule has 1 saturated heterocycles. The molecule has 4 rings (SSSR count). The minimum absolute atomic E-state index is 0.191. The number of β-amino-alcohol motifs (C(OH)–C–C–N with tert-alkyl or cyclic N) is 1. The third-order valence-electron chi connectivity index (χ3n) is 5.05. The van der Waals surface area contributed by atoms with Crippen molar-refractivity contribution < 1.29 is 14.4 Å². The molecule has 0 saturated carbocycles. The van der Waals surface area contributed by atoms with Crippen molar-refractivity contribution in [2.45, 2.75) is 37.7 Å². The SMILES string of the molecule is O=C(NC[C@]1(O)CCN(c2ccccn2)C1)c1noc2c1CCCC2. The third kappa shape index (κ3) is 3.24. The fraction of sp³-hybridized carbons (Fsp3) is 0.500. The second-order valence-corrected chi connectivity index (χ2v) is 6.91. The molecule has 0 spiro atoms. The highest BCUT2D eigenvalue weighted by molar-refractivity contribution is 5.93. The Balaban J connectivity index is 1.38. The predicted octanol–water partition coefficient (Wildman–Crippen LogP) is 1.32. The van der Waals surface area contributed by atoms with Crippen LogP contribution in [0.3, 0.4) is 0 Å². The molecule has 2 N–H and O–H groups in total. The number of rotatable bonds is 4. The molecule has 25 heavy (non-hydrogen) atoms. The van der Waals surface area contributed by atoms with E-state index in [0.29, 0.717) is 25.2 Å². The lowest BCUT2D eigenvalue weighted by atomic mass is 9.96. The second-order valence-electron chi connectivity index (χ2n) is 6.91. The number of aryl methyl sites for hydroxylation is 1. The van der Waals surface area contributed by atoms with E-state index < -0.39 is 5.60 Å². The van der Waals surface area contributed by atoms with Gasteiger partial charge in [0, 0.05) is 37.8 Å². The molecule has 1 aliphatic heterocycles. The molecule has 0 unspecified atom stereocenters. The third-order valence-corrected chi connectivity index (χ3v) is 5.05. The van der Waals surface area contributed by atoms with Gasteiger partial charge in [0.05, 0.1) is 0 Å². The lowest BCUT2D eigenvalue weighted by Crippen LogP contribution is -2.45. The summed E-state index contributed by atoms with van der Waals surface area (Å²) in [5, 5.41) is 17.6. The fourth-order valence-electron chi connectivity index (χ4n) is 3.63. The Morgan fingerprint density at radius 3 is 3.08 bits per heavy atom.